The van der Waals surface area contributed by atoms with E-state index in [1.165, 1.54) is 11.1 Å². The van der Waals surface area contributed by atoms with Crippen LogP contribution in [0.2, 0.25) is 0 Å². The van der Waals surface area contributed by atoms with Gasteiger partial charge in [0.1, 0.15) is 34.5 Å². The first-order valence-electron chi connectivity index (χ1n) is 11.2. The van der Waals surface area contributed by atoms with Crippen molar-refractivity contribution >= 4 is 0 Å². The molecule has 0 aromatic heterocycles. The lowest BCUT2D eigenvalue weighted by Gasteiger charge is -2.33. The third kappa shape index (κ3) is 4.96. The van der Waals surface area contributed by atoms with Gasteiger partial charge < -0.3 is 19.7 Å². The fourth-order valence-corrected chi connectivity index (χ4v) is 4.22. The summed E-state index contributed by atoms with van der Waals surface area (Å²) in [5.41, 5.74) is 2.35. The molecule has 4 nitrogen and oxygen atoms in total. The Hall–Kier alpha value is -3.92. The van der Waals surface area contributed by atoms with Crippen molar-refractivity contribution in [3.63, 3.8) is 0 Å². The van der Waals surface area contributed by atoms with E-state index in [4.69, 9.17) is 9.47 Å². The van der Waals surface area contributed by atoms with Crippen LogP contribution in [0.5, 0.6) is 34.5 Å². The third-order valence-electron chi connectivity index (χ3n) is 6.17. The molecule has 0 fully saturated rings. The second kappa shape index (κ2) is 9.70. The molecule has 4 heteroatoms. The number of ether oxygens (including phenoxy) is 2. The molecular weight excluding hydrogens is 412 g/mol. The molecule has 0 aliphatic rings. The van der Waals surface area contributed by atoms with Crippen molar-refractivity contribution in [2.75, 3.05) is 0 Å². The first-order valence-corrected chi connectivity index (χ1v) is 11.2. The molecule has 0 radical (unpaired) electrons. The van der Waals surface area contributed by atoms with Crippen molar-refractivity contribution in [1.82, 2.24) is 0 Å². The van der Waals surface area contributed by atoms with E-state index in [1.54, 1.807) is 48.5 Å². The number of phenols is 2. The summed E-state index contributed by atoms with van der Waals surface area (Å²) in [5.74, 6) is 3.30. The third-order valence-corrected chi connectivity index (χ3v) is 6.17. The molecule has 168 valence electrons. The fraction of sp³-hybridized carbons (Fsp3) is 0.172. The topological polar surface area (TPSA) is 58.9 Å². The Labute approximate surface area is 194 Å². The van der Waals surface area contributed by atoms with Crippen molar-refractivity contribution in [2.24, 2.45) is 0 Å². The fourth-order valence-electron chi connectivity index (χ4n) is 4.22. The first-order chi connectivity index (χ1) is 16.0. The lowest BCUT2D eigenvalue weighted by Crippen LogP contribution is -2.25. The van der Waals surface area contributed by atoms with Crippen LogP contribution >= 0.6 is 0 Å². The molecule has 0 bridgehead atoms. The lowest BCUT2D eigenvalue weighted by molar-refractivity contribution is 0.459. The molecule has 0 unspecified atom stereocenters. The summed E-state index contributed by atoms with van der Waals surface area (Å²) >= 11 is 0. The molecule has 0 heterocycles. The predicted octanol–water partition coefficient (Wildman–Crippen LogP) is 7.79. The first kappa shape index (κ1) is 22.3. The van der Waals surface area contributed by atoms with E-state index in [0.29, 0.717) is 11.5 Å². The molecule has 2 N–H and O–H groups in total. The van der Waals surface area contributed by atoms with Gasteiger partial charge in [0.05, 0.1) is 0 Å². The second-order valence-corrected chi connectivity index (χ2v) is 8.03. The van der Waals surface area contributed by atoms with Crippen molar-refractivity contribution < 1.29 is 19.7 Å². The van der Waals surface area contributed by atoms with Gasteiger partial charge in [-0.3, -0.25) is 0 Å². The maximum Gasteiger partial charge on any atom is 0.127 e. The summed E-state index contributed by atoms with van der Waals surface area (Å²) in [6, 6.07) is 29.9. The van der Waals surface area contributed by atoms with Crippen LogP contribution in [0, 0.1) is 0 Å². The van der Waals surface area contributed by atoms with Gasteiger partial charge in [0.25, 0.3) is 0 Å². The summed E-state index contributed by atoms with van der Waals surface area (Å²) < 4.78 is 11.8. The van der Waals surface area contributed by atoms with Crippen LogP contribution in [0.25, 0.3) is 0 Å². The van der Waals surface area contributed by atoms with E-state index in [0.717, 1.165) is 24.3 Å². The SMILES string of the molecule is CCC(CC)(c1ccc(Oc2ccc(O)cc2)cc1)c1ccc(Oc2ccc(O)cc2)cc1. The quantitative estimate of drug-likeness (QED) is 0.294. The molecule has 0 aliphatic heterocycles. The predicted molar refractivity (Wildman–Crippen MR) is 131 cm³/mol. The maximum absolute atomic E-state index is 9.44. The zero-order chi connectivity index (χ0) is 23.3. The van der Waals surface area contributed by atoms with Gasteiger partial charge in [0.15, 0.2) is 0 Å². The Kier molecular flexibility index (Phi) is 6.55. The van der Waals surface area contributed by atoms with E-state index in [2.05, 4.69) is 38.1 Å². The van der Waals surface area contributed by atoms with Crippen LogP contribution in [-0.4, -0.2) is 10.2 Å². The molecule has 0 atom stereocenters. The van der Waals surface area contributed by atoms with Crippen LogP contribution < -0.4 is 9.47 Å². The summed E-state index contributed by atoms with van der Waals surface area (Å²) in [5, 5.41) is 18.9. The molecule has 0 saturated carbocycles. The van der Waals surface area contributed by atoms with Gasteiger partial charge in [-0.15, -0.1) is 0 Å². The second-order valence-electron chi connectivity index (χ2n) is 8.03. The van der Waals surface area contributed by atoms with Crippen molar-refractivity contribution in [3.05, 3.63) is 108 Å². The Bertz CT molecular complexity index is 1070. The van der Waals surface area contributed by atoms with Gasteiger partial charge in [-0.1, -0.05) is 38.1 Å². The van der Waals surface area contributed by atoms with Crippen molar-refractivity contribution in [2.45, 2.75) is 32.1 Å². The van der Waals surface area contributed by atoms with E-state index >= 15 is 0 Å². The molecule has 33 heavy (non-hydrogen) atoms. The van der Waals surface area contributed by atoms with Gasteiger partial charge in [-0.25, -0.2) is 0 Å². The highest BCUT2D eigenvalue weighted by atomic mass is 16.5. The van der Waals surface area contributed by atoms with Crippen LogP contribution in [0.15, 0.2) is 97.1 Å². The van der Waals surface area contributed by atoms with Crippen LogP contribution in [0.4, 0.5) is 0 Å². The van der Waals surface area contributed by atoms with E-state index in [1.807, 2.05) is 24.3 Å². The van der Waals surface area contributed by atoms with E-state index < -0.39 is 0 Å². The Morgan fingerprint density at radius 2 is 0.758 bits per heavy atom. The largest absolute Gasteiger partial charge is 0.508 e. The maximum atomic E-state index is 9.44. The zero-order valence-electron chi connectivity index (χ0n) is 18.9. The van der Waals surface area contributed by atoms with E-state index in [-0.39, 0.29) is 16.9 Å². The molecule has 0 saturated heterocycles. The van der Waals surface area contributed by atoms with Gasteiger partial charge in [-0.2, -0.15) is 0 Å². The average molecular weight is 441 g/mol. The molecule has 4 rings (SSSR count). The lowest BCUT2D eigenvalue weighted by atomic mass is 9.70. The summed E-state index contributed by atoms with van der Waals surface area (Å²) in [4.78, 5) is 0. The summed E-state index contributed by atoms with van der Waals surface area (Å²) in [7, 11) is 0. The summed E-state index contributed by atoms with van der Waals surface area (Å²) in [6.07, 6.45) is 1.92. The smallest absolute Gasteiger partial charge is 0.127 e. The molecule has 4 aromatic rings. The number of phenolic OH excluding ortho intramolecular Hbond substituents is 2. The monoisotopic (exact) mass is 440 g/mol. The molecule has 4 aromatic carbocycles. The van der Waals surface area contributed by atoms with Crippen molar-refractivity contribution in [3.8, 4) is 34.5 Å². The van der Waals surface area contributed by atoms with Crippen LogP contribution in [-0.2, 0) is 5.41 Å². The van der Waals surface area contributed by atoms with Gasteiger partial charge in [0, 0.05) is 5.41 Å². The molecule has 0 amide bonds. The van der Waals surface area contributed by atoms with E-state index in [9.17, 15) is 10.2 Å². The molecule has 0 aliphatic carbocycles. The number of hydrogen-bond donors (Lipinski definition) is 2. The zero-order valence-corrected chi connectivity index (χ0v) is 18.9. The van der Waals surface area contributed by atoms with Crippen LogP contribution in [0.3, 0.4) is 0 Å². The Morgan fingerprint density at radius 1 is 0.485 bits per heavy atom. The number of benzene rings is 4. The van der Waals surface area contributed by atoms with Gasteiger partial charge >= 0.3 is 0 Å². The van der Waals surface area contributed by atoms with Crippen LogP contribution in [0.1, 0.15) is 37.8 Å². The minimum absolute atomic E-state index is 0.117. The number of aromatic hydroxyl groups is 2. The highest BCUT2D eigenvalue weighted by Gasteiger charge is 2.30. The summed E-state index contributed by atoms with van der Waals surface area (Å²) in [6.45, 7) is 4.43. The molecule has 0 spiro atoms. The van der Waals surface area contributed by atoms with Crippen molar-refractivity contribution in [1.29, 1.82) is 0 Å². The Morgan fingerprint density at radius 3 is 1.03 bits per heavy atom. The standard InChI is InChI=1S/C29H28O4/c1-3-29(4-2,21-5-13-25(14-6-21)32-27-17-9-23(30)10-18-27)22-7-15-26(16-8-22)33-28-19-11-24(31)12-20-28/h5-20,30-31H,3-4H2,1-2H3. The van der Waals surface area contributed by atoms with Gasteiger partial charge in [0.2, 0.25) is 0 Å². The Balaban J connectivity index is 1.54. The highest BCUT2D eigenvalue weighted by molar-refractivity contribution is 5.45. The number of rotatable bonds is 8. The molecular formula is C29H28O4. The normalized spacial score (nSPS) is 11.2. The van der Waals surface area contributed by atoms with Gasteiger partial charge in [-0.05, 0) is 96.8 Å². The highest BCUT2D eigenvalue weighted by Crippen LogP contribution is 2.40. The minimum atomic E-state index is -0.117. The minimum Gasteiger partial charge on any atom is -0.508 e. The average Bonchev–Trinajstić information content (AvgIpc) is 2.85. The number of hydrogen-bond acceptors (Lipinski definition) is 4.